The Morgan fingerprint density at radius 2 is 2.14 bits per heavy atom. The molecule has 0 bridgehead atoms. The first-order valence-electron chi connectivity index (χ1n) is 9.96. The second kappa shape index (κ2) is 9.68. The van der Waals surface area contributed by atoms with Crippen LogP contribution in [0.15, 0.2) is 29.3 Å². The summed E-state index contributed by atoms with van der Waals surface area (Å²) >= 11 is 1.78. The molecule has 0 fully saturated rings. The van der Waals surface area contributed by atoms with E-state index >= 15 is 0 Å². The van der Waals surface area contributed by atoms with Crippen molar-refractivity contribution >= 4 is 28.9 Å². The highest BCUT2D eigenvalue weighted by atomic mass is 32.1. The van der Waals surface area contributed by atoms with Crippen LogP contribution in [0.5, 0.6) is 0 Å². The van der Waals surface area contributed by atoms with E-state index in [1.54, 1.807) is 11.3 Å². The fourth-order valence-corrected chi connectivity index (χ4v) is 4.44. The van der Waals surface area contributed by atoms with Crippen LogP contribution in [-0.2, 0) is 17.6 Å². The van der Waals surface area contributed by atoms with Gasteiger partial charge in [0.05, 0.1) is 17.2 Å². The number of anilines is 1. The van der Waals surface area contributed by atoms with Crippen molar-refractivity contribution in [2.45, 2.75) is 46.0 Å². The fourth-order valence-electron chi connectivity index (χ4n) is 3.42. The van der Waals surface area contributed by atoms with Crippen molar-refractivity contribution < 1.29 is 4.79 Å². The van der Waals surface area contributed by atoms with Gasteiger partial charge in [-0.05, 0) is 31.9 Å². The minimum atomic E-state index is 0.0581. The zero-order valence-corrected chi connectivity index (χ0v) is 17.7. The van der Waals surface area contributed by atoms with Crippen LogP contribution in [0.4, 0.5) is 5.69 Å². The van der Waals surface area contributed by atoms with E-state index in [9.17, 15) is 4.79 Å². The molecule has 1 aromatic heterocycles. The Kier molecular flexibility index (Phi) is 7.03. The lowest BCUT2D eigenvalue weighted by Gasteiger charge is -2.24. The molecule has 1 atom stereocenters. The van der Waals surface area contributed by atoms with Crippen LogP contribution < -0.4 is 16.0 Å². The summed E-state index contributed by atoms with van der Waals surface area (Å²) in [4.78, 5) is 22.7. The SMILES string of the molecule is CCNC(=NCC1CC(=O)Nc2ccccc21)NCCc1nc(CC)c(C)s1. The summed E-state index contributed by atoms with van der Waals surface area (Å²) in [5, 5.41) is 10.8. The van der Waals surface area contributed by atoms with Gasteiger partial charge < -0.3 is 16.0 Å². The van der Waals surface area contributed by atoms with E-state index in [1.807, 2.05) is 18.2 Å². The van der Waals surface area contributed by atoms with Crippen LogP contribution >= 0.6 is 11.3 Å². The molecule has 7 heteroatoms. The van der Waals surface area contributed by atoms with E-state index in [4.69, 9.17) is 9.98 Å². The van der Waals surface area contributed by atoms with Crippen molar-refractivity contribution in [2.24, 2.45) is 4.99 Å². The number of aryl methyl sites for hydroxylation is 2. The van der Waals surface area contributed by atoms with Crippen LogP contribution in [0.3, 0.4) is 0 Å². The van der Waals surface area contributed by atoms with Crippen molar-refractivity contribution in [2.75, 3.05) is 25.0 Å². The molecule has 1 amide bonds. The molecule has 0 saturated carbocycles. The molecule has 1 aliphatic heterocycles. The average Bonchev–Trinajstić information content (AvgIpc) is 3.05. The van der Waals surface area contributed by atoms with E-state index in [-0.39, 0.29) is 11.8 Å². The van der Waals surface area contributed by atoms with Crippen molar-refractivity contribution in [3.8, 4) is 0 Å². The van der Waals surface area contributed by atoms with E-state index < -0.39 is 0 Å². The Labute approximate surface area is 170 Å². The molecule has 3 N–H and O–H groups in total. The number of guanidine groups is 1. The van der Waals surface area contributed by atoms with Gasteiger partial charge in [0.1, 0.15) is 0 Å². The first-order chi connectivity index (χ1) is 13.6. The summed E-state index contributed by atoms with van der Waals surface area (Å²) in [6, 6.07) is 7.98. The number of aliphatic imine (C=N–C) groups is 1. The van der Waals surface area contributed by atoms with Gasteiger partial charge in [0.2, 0.25) is 5.91 Å². The van der Waals surface area contributed by atoms with Crippen molar-refractivity contribution in [1.29, 1.82) is 0 Å². The van der Waals surface area contributed by atoms with Gasteiger partial charge in [-0.2, -0.15) is 0 Å². The molecule has 2 aromatic rings. The number of fused-ring (bicyclic) bond motifs is 1. The third-order valence-electron chi connectivity index (χ3n) is 4.82. The Morgan fingerprint density at radius 3 is 2.89 bits per heavy atom. The maximum atomic E-state index is 12.0. The normalized spacial score (nSPS) is 16.5. The number of hydrogen-bond donors (Lipinski definition) is 3. The van der Waals surface area contributed by atoms with Crippen LogP contribution in [0.1, 0.15) is 47.3 Å². The lowest BCUT2D eigenvalue weighted by molar-refractivity contribution is -0.116. The Bertz CT molecular complexity index is 845. The van der Waals surface area contributed by atoms with E-state index in [0.29, 0.717) is 13.0 Å². The average molecular weight is 400 g/mol. The molecule has 1 unspecified atom stereocenters. The van der Waals surface area contributed by atoms with Gasteiger partial charge >= 0.3 is 0 Å². The number of aromatic nitrogens is 1. The number of nitrogens with zero attached hydrogens (tertiary/aromatic N) is 2. The zero-order chi connectivity index (χ0) is 19.9. The quantitative estimate of drug-likeness (QED) is 0.493. The second-order valence-electron chi connectivity index (χ2n) is 6.90. The summed E-state index contributed by atoms with van der Waals surface area (Å²) in [5.74, 6) is 0.951. The third-order valence-corrected chi connectivity index (χ3v) is 5.90. The topological polar surface area (TPSA) is 78.4 Å². The molecule has 1 aliphatic rings. The lowest BCUT2D eigenvalue weighted by atomic mass is 9.91. The van der Waals surface area contributed by atoms with E-state index in [1.165, 1.54) is 10.6 Å². The van der Waals surface area contributed by atoms with Gasteiger partial charge in [0, 0.05) is 42.4 Å². The minimum Gasteiger partial charge on any atom is -0.357 e. The van der Waals surface area contributed by atoms with Crippen LogP contribution in [0.2, 0.25) is 0 Å². The van der Waals surface area contributed by atoms with E-state index in [0.717, 1.165) is 48.1 Å². The van der Waals surface area contributed by atoms with Gasteiger partial charge in [-0.1, -0.05) is 25.1 Å². The van der Waals surface area contributed by atoms with Gasteiger partial charge in [-0.3, -0.25) is 9.79 Å². The standard InChI is InChI=1S/C21H29N5OS/c1-4-17-14(3)28-20(26-17)10-11-23-21(22-5-2)24-13-15-12-19(27)25-18-9-7-6-8-16(15)18/h6-9,15H,4-5,10-13H2,1-3H3,(H,25,27)(H2,22,23,24). The number of carbonyl (C=O) groups is 1. The smallest absolute Gasteiger partial charge is 0.225 e. The Balaban J connectivity index is 1.60. The predicted octanol–water partition coefficient (Wildman–Crippen LogP) is 3.24. The van der Waals surface area contributed by atoms with Crippen LogP contribution in [-0.4, -0.2) is 36.5 Å². The van der Waals surface area contributed by atoms with Gasteiger partial charge in [-0.25, -0.2) is 4.98 Å². The maximum Gasteiger partial charge on any atom is 0.225 e. The van der Waals surface area contributed by atoms with Gasteiger partial charge in [-0.15, -0.1) is 11.3 Å². The van der Waals surface area contributed by atoms with Crippen LogP contribution in [0.25, 0.3) is 0 Å². The predicted molar refractivity (Wildman–Crippen MR) is 116 cm³/mol. The summed E-state index contributed by atoms with van der Waals surface area (Å²) in [7, 11) is 0. The number of thiazole rings is 1. The van der Waals surface area contributed by atoms with Gasteiger partial charge in [0.25, 0.3) is 0 Å². The molecule has 150 valence electrons. The largest absolute Gasteiger partial charge is 0.357 e. The second-order valence-corrected chi connectivity index (χ2v) is 8.18. The minimum absolute atomic E-state index is 0.0581. The third kappa shape index (κ3) is 5.10. The lowest BCUT2D eigenvalue weighted by Crippen LogP contribution is -2.38. The summed E-state index contributed by atoms with van der Waals surface area (Å²) in [5.41, 5.74) is 3.27. The molecular formula is C21H29N5OS. The zero-order valence-electron chi connectivity index (χ0n) is 16.8. The molecule has 0 saturated heterocycles. The molecule has 0 aliphatic carbocycles. The molecule has 1 aromatic carbocycles. The van der Waals surface area contributed by atoms with E-state index in [2.05, 4.69) is 42.8 Å². The fraction of sp³-hybridized carbons (Fsp3) is 0.476. The molecule has 3 rings (SSSR count). The summed E-state index contributed by atoms with van der Waals surface area (Å²) in [6.45, 7) is 8.49. The molecule has 0 radical (unpaired) electrons. The highest BCUT2D eigenvalue weighted by Gasteiger charge is 2.24. The highest BCUT2D eigenvalue weighted by Crippen LogP contribution is 2.31. The summed E-state index contributed by atoms with van der Waals surface area (Å²) in [6.07, 6.45) is 2.33. The number of para-hydroxylation sites is 1. The summed E-state index contributed by atoms with van der Waals surface area (Å²) < 4.78 is 0. The number of rotatable bonds is 7. The number of amides is 1. The van der Waals surface area contributed by atoms with Crippen molar-refractivity contribution in [1.82, 2.24) is 15.6 Å². The number of benzene rings is 1. The molecule has 28 heavy (non-hydrogen) atoms. The van der Waals surface area contributed by atoms with Crippen LogP contribution in [0, 0.1) is 6.92 Å². The molecule has 2 heterocycles. The monoisotopic (exact) mass is 399 g/mol. The Hall–Kier alpha value is -2.41. The number of nitrogens with one attached hydrogen (secondary N) is 3. The van der Waals surface area contributed by atoms with Crippen molar-refractivity contribution in [3.05, 3.63) is 45.4 Å². The molecular weight excluding hydrogens is 370 g/mol. The molecule has 0 spiro atoms. The maximum absolute atomic E-state index is 12.0. The number of carbonyl (C=O) groups excluding carboxylic acids is 1. The number of hydrogen-bond acceptors (Lipinski definition) is 4. The molecule has 6 nitrogen and oxygen atoms in total. The highest BCUT2D eigenvalue weighted by molar-refractivity contribution is 7.11. The van der Waals surface area contributed by atoms with Gasteiger partial charge in [0.15, 0.2) is 5.96 Å². The first-order valence-corrected chi connectivity index (χ1v) is 10.8. The first kappa shape index (κ1) is 20.3. The Morgan fingerprint density at radius 1 is 1.32 bits per heavy atom. The van der Waals surface area contributed by atoms with Crippen molar-refractivity contribution in [3.63, 3.8) is 0 Å².